The number of ether oxygens (including phenoxy) is 2. The summed E-state index contributed by atoms with van der Waals surface area (Å²) in [4.78, 5) is 35.7. The molecule has 0 N–H and O–H groups in total. The molecule has 0 aliphatic carbocycles. The molecule has 0 unspecified atom stereocenters. The molecule has 255 valence electrons. The molecule has 48 heavy (non-hydrogen) atoms. The van der Waals surface area contributed by atoms with Crippen LogP contribution in [0.1, 0.15) is 63.4 Å². The van der Waals surface area contributed by atoms with Crippen molar-refractivity contribution >= 4 is 52.4 Å². The normalized spacial score (nSPS) is 11.8. The van der Waals surface area contributed by atoms with Gasteiger partial charge in [0.1, 0.15) is 11.4 Å². The van der Waals surface area contributed by atoms with E-state index in [0.717, 1.165) is 24.8 Å². The van der Waals surface area contributed by atoms with E-state index in [1.54, 1.807) is 6.08 Å². The van der Waals surface area contributed by atoms with Gasteiger partial charge in [0, 0.05) is 30.7 Å². The van der Waals surface area contributed by atoms with Gasteiger partial charge in [-0.15, -0.1) is 5.11 Å². The molecule has 0 atom stereocenters. The van der Waals surface area contributed by atoms with Crippen LogP contribution in [0.5, 0.6) is 11.5 Å². The van der Waals surface area contributed by atoms with E-state index in [1.165, 1.54) is 80.3 Å². The maximum atomic E-state index is 12.8. The molecule has 0 aromatic heterocycles. The molecule has 0 bridgehead atoms. The summed E-state index contributed by atoms with van der Waals surface area (Å²) in [6.07, 6.45) is 11.9. The number of hydrogen-bond acceptors (Lipinski definition) is 9. The number of nitro benzene ring substituents is 1. The van der Waals surface area contributed by atoms with E-state index in [-0.39, 0.29) is 29.3 Å². The lowest BCUT2D eigenvalue weighted by Crippen LogP contribution is -2.34. The molecular weight excluding hydrogens is 643 g/mol. The zero-order chi connectivity index (χ0) is 34.8. The summed E-state index contributed by atoms with van der Waals surface area (Å²) in [5.41, 5.74) is 1.40. The lowest BCUT2D eigenvalue weighted by molar-refractivity contribution is -0.384. The van der Waals surface area contributed by atoms with Crippen molar-refractivity contribution in [3.05, 3.63) is 94.6 Å². The number of carbonyl (C=O) groups excluding carboxylic acids is 2. The highest BCUT2D eigenvalue weighted by Gasteiger charge is 2.23. The molecule has 0 amide bonds. The van der Waals surface area contributed by atoms with Crippen molar-refractivity contribution in [2.45, 2.75) is 90.0 Å². The molecule has 3 aromatic carbocycles. The molecular formula is C36H46N3O7Si2. The number of azo groups is 1. The number of unbranched alkanes of at least 4 members (excludes halogenated alkanes) is 7. The van der Waals surface area contributed by atoms with Crippen LogP contribution in [0.2, 0.25) is 32.2 Å². The van der Waals surface area contributed by atoms with Crippen molar-refractivity contribution in [3.63, 3.8) is 0 Å². The number of carbonyl (C=O) groups is 2. The minimum atomic E-state index is -1.50. The molecule has 0 fully saturated rings. The highest BCUT2D eigenvalue weighted by atomic mass is 28.4. The first kappa shape index (κ1) is 38.2. The lowest BCUT2D eigenvalue weighted by Gasteiger charge is -2.25. The van der Waals surface area contributed by atoms with Gasteiger partial charge in [0.25, 0.3) is 5.69 Å². The van der Waals surface area contributed by atoms with Crippen LogP contribution in [0, 0.1) is 10.1 Å². The average Bonchev–Trinajstić information content (AvgIpc) is 3.04. The van der Waals surface area contributed by atoms with Crippen LogP contribution in [-0.2, 0) is 13.7 Å². The molecule has 0 spiro atoms. The third-order valence-electron chi connectivity index (χ3n) is 7.31. The molecule has 3 rings (SSSR count). The number of nitrogens with zero attached hydrogens (tertiary/aromatic N) is 3. The number of benzene rings is 3. The Hall–Kier alpha value is -4.27. The van der Waals surface area contributed by atoms with Gasteiger partial charge in [-0.1, -0.05) is 75.3 Å². The van der Waals surface area contributed by atoms with Crippen molar-refractivity contribution in [3.8, 4) is 11.5 Å². The molecule has 10 nitrogen and oxygen atoms in total. The summed E-state index contributed by atoms with van der Waals surface area (Å²) in [5, 5.41) is 19.3. The minimum absolute atomic E-state index is 0.0644. The van der Waals surface area contributed by atoms with Crippen LogP contribution in [0.3, 0.4) is 0 Å². The van der Waals surface area contributed by atoms with Crippen molar-refractivity contribution in [2.75, 3.05) is 0 Å². The van der Waals surface area contributed by atoms with Gasteiger partial charge in [0.2, 0.25) is 0 Å². The van der Waals surface area contributed by atoms with Crippen LogP contribution < -0.4 is 9.47 Å². The van der Waals surface area contributed by atoms with Crippen LogP contribution in [0.4, 0.5) is 17.1 Å². The third kappa shape index (κ3) is 15.1. The van der Waals surface area contributed by atoms with Crippen LogP contribution >= 0.6 is 0 Å². The number of hydrogen-bond donors (Lipinski definition) is 0. The smallest absolute Gasteiger partial charge is 0.336 e. The first-order valence-electron chi connectivity index (χ1n) is 16.5. The largest absolute Gasteiger partial charge is 0.456 e. The third-order valence-corrected chi connectivity index (χ3v) is 12.7. The lowest BCUT2D eigenvalue weighted by atomic mass is 10.1. The van der Waals surface area contributed by atoms with E-state index in [4.69, 9.17) is 13.6 Å². The summed E-state index contributed by atoms with van der Waals surface area (Å²) >= 11 is 0. The van der Waals surface area contributed by atoms with Crippen LogP contribution in [-0.4, -0.2) is 34.2 Å². The second-order valence-corrected chi connectivity index (χ2v) is 19.0. The Kier molecular flexibility index (Phi) is 16.1. The van der Waals surface area contributed by atoms with Crippen molar-refractivity contribution in [1.29, 1.82) is 0 Å². The number of rotatable bonds is 20. The van der Waals surface area contributed by atoms with E-state index in [1.807, 2.05) is 30.3 Å². The topological polar surface area (TPSA) is 130 Å². The van der Waals surface area contributed by atoms with Crippen molar-refractivity contribution in [1.82, 2.24) is 0 Å². The van der Waals surface area contributed by atoms with E-state index < -0.39 is 34.2 Å². The maximum absolute atomic E-state index is 12.8. The van der Waals surface area contributed by atoms with E-state index in [2.05, 4.69) is 36.4 Å². The summed E-state index contributed by atoms with van der Waals surface area (Å²) < 4.78 is 17.3. The maximum Gasteiger partial charge on any atom is 0.336 e. The van der Waals surface area contributed by atoms with Crippen LogP contribution in [0.15, 0.2) is 89.1 Å². The molecule has 0 aliphatic rings. The predicted octanol–water partition coefficient (Wildman–Crippen LogP) is 10.5. The van der Waals surface area contributed by atoms with E-state index in [9.17, 15) is 19.7 Å². The SMILES string of the molecule is C[Si](C)O[Si](C)(C)CCCCCCCCCCC(=O)Oc1cc(OC(=O)/C=C/c2ccccc2)ccc1N=Nc1ccc([N+](=O)[O-])cc1. The van der Waals surface area contributed by atoms with Gasteiger partial charge in [0.05, 0.1) is 10.6 Å². The standard InChI is InChI=1S/C36H46N3O7Si2/c1-47(2)46-48(3,4)27-15-10-8-6-5-7-9-14-18-35(40)45-34-28-32(44-36(41)26-19-29-16-12-11-13-17-29)24-25-33(34)38-37-30-20-22-31(23-21-30)39(42)43/h11-13,16-17,19-26,28H,5-10,14-15,18,27H2,1-4H3/b26-19+,38-37?. The highest BCUT2D eigenvalue weighted by molar-refractivity contribution is 6.77. The predicted molar refractivity (Wildman–Crippen MR) is 193 cm³/mol. The second kappa shape index (κ2) is 20.2. The summed E-state index contributed by atoms with van der Waals surface area (Å²) in [6.45, 7) is 9.05. The Morgan fingerprint density at radius 2 is 1.48 bits per heavy atom. The summed E-state index contributed by atoms with van der Waals surface area (Å²) in [6, 6.07) is 20.6. The zero-order valence-corrected chi connectivity index (χ0v) is 30.4. The molecule has 3 aromatic rings. The van der Waals surface area contributed by atoms with E-state index >= 15 is 0 Å². The van der Waals surface area contributed by atoms with Crippen LogP contribution in [0.25, 0.3) is 6.08 Å². The number of non-ortho nitro benzene ring substituents is 1. The molecule has 0 aliphatic heterocycles. The fourth-order valence-corrected chi connectivity index (χ4v) is 10.9. The van der Waals surface area contributed by atoms with Crippen molar-refractivity contribution < 1.29 is 28.1 Å². The van der Waals surface area contributed by atoms with Gasteiger partial charge in [-0.25, -0.2) is 4.79 Å². The molecule has 0 heterocycles. The zero-order valence-electron chi connectivity index (χ0n) is 28.4. The molecule has 0 saturated carbocycles. The van der Waals surface area contributed by atoms with E-state index in [0.29, 0.717) is 12.1 Å². The Morgan fingerprint density at radius 3 is 2.12 bits per heavy atom. The van der Waals surface area contributed by atoms with Gasteiger partial charge in [-0.05, 0) is 74.6 Å². The molecule has 0 saturated heterocycles. The van der Waals surface area contributed by atoms with Gasteiger partial charge < -0.3 is 13.6 Å². The highest BCUT2D eigenvalue weighted by Crippen LogP contribution is 2.34. The summed E-state index contributed by atoms with van der Waals surface area (Å²) in [5.74, 6) is -0.750. The number of esters is 2. The Labute approximate surface area is 286 Å². The Balaban J connectivity index is 1.52. The quantitative estimate of drug-likeness (QED) is 0.0169. The minimum Gasteiger partial charge on any atom is -0.456 e. The first-order valence-corrected chi connectivity index (χ1v) is 22.0. The monoisotopic (exact) mass is 688 g/mol. The Morgan fingerprint density at radius 1 is 0.833 bits per heavy atom. The second-order valence-electron chi connectivity index (χ2n) is 12.3. The summed E-state index contributed by atoms with van der Waals surface area (Å²) in [7, 11) is -2.13. The van der Waals surface area contributed by atoms with Crippen molar-refractivity contribution in [2.24, 2.45) is 10.2 Å². The van der Waals surface area contributed by atoms with Gasteiger partial charge in [-0.2, -0.15) is 5.11 Å². The Bertz CT molecular complexity index is 1530. The average molecular weight is 689 g/mol. The first-order chi connectivity index (χ1) is 23.0. The van der Waals surface area contributed by atoms with Gasteiger partial charge in [0.15, 0.2) is 23.1 Å². The number of nitro groups is 1. The van der Waals surface area contributed by atoms with Gasteiger partial charge in [-0.3, -0.25) is 14.9 Å². The molecule has 12 heteroatoms. The fourth-order valence-electron chi connectivity index (χ4n) is 5.01. The van der Waals surface area contributed by atoms with Gasteiger partial charge >= 0.3 is 11.9 Å². The molecule has 1 radical (unpaired) electrons. The fraction of sp³-hybridized carbons (Fsp3) is 0.389.